The molecule has 0 radical (unpaired) electrons. The number of nitrogens with one attached hydrogen (secondary N) is 1. The molecule has 0 atom stereocenters. The smallest absolute Gasteiger partial charge is 0.259 e. The number of rotatable bonds is 4. The van der Waals surface area contributed by atoms with Crippen LogP contribution >= 0.6 is 0 Å². The minimum absolute atomic E-state index is 0.0393. The van der Waals surface area contributed by atoms with Crippen molar-refractivity contribution in [3.05, 3.63) is 78.1 Å². The molecule has 2 aromatic heterocycles. The van der Waals surface area contributed by atoms with Gasteiger partial charge in [-0.1, -0.05) is 12.1 Å². The Balaban J connectivity index is 1.62. The molecular formula is C22H19N3O3. The summed E-state index contributed by atoms with van der Waals surface area (Å²) in [5.41, 5.74) is 4.73. The third-order valence-corrected chi connectivity index (χ3v) is 4.46. The molecule has 0 aliphatic carbocycles. The summed E-state index contributed by atoms with van der Waals surface area (Å²) in [6, 6.07) is 15.9. The Bertz CT molecular complexity index is 1180. The average molecular weight is 373 g/mol. The van der Waals surface area contributed by atoms with Crippen LogP contribution in [0.3, 0.4) is 0 Å². The fourth-order valence-electron chi connectivity index (χ4n) is 3.05. The van der Waals surface area contributed by atoms with Gasteiger partial charge in [-0.3, -0.25) is 4.79 Å². The van der Waals surface area contributed by atoms with Crippen molar-refractivity contribution in [1.29, 1.82) is 0 Å². The minimum atomic E-state index is -0.320. The first-order chi connectivity index (χ1) is 13.5. The topological polar surface area (TPSA) is 75.9 Å². The number of aromatic hydroxyl groups is 1. The number of hydrogen-bond acceptors (Lipinski definition) is 4. The zero-order chi connectivity index (χ0) is 19.7. The van der Waals surface area contributed by atoms with E-state index in [-0.39, 0.29) is 11.7 Å². The first kappa shape index (κ1) is 17.6. The molecule has 1 amide bonds. The number of amides is 1. The highest BCUT2D eigenvalue weighted by Crippen LogP contribution is 2.26. The van der Waals surface area contributed by atoms with E-state index in [0.29, 0.717) is 17.0 Å². The van der Waals surface area contributed by atoms with Crippen LogP contribution in [0.2, 0.25) is 0 Å². The second kappa shape index (κ2) is 7.08. The summed E-state index contributed by atoms with van der Waals surface area (Å²) in [4.78, 5) is 17.3. The van der Waals surface area contributed by atoms with Crippen molar-refractivity contribution >= 4 is 17.2 Å². The quantitative estimate of drug-likeness (QED) is 0.560. The van der Waals surface area contributed by atoms with Crippen LogP contribution in [0, 0.1) is 6.92 Å². The van der Waals surface area contributed by atoms with Crippen LogP contribution in [0.1, 0.15) is 15.9 Å². The lowest BCUT2D eigenvalue weighted by Gasteiger charge is -2.10. The molecule has 6 nitrogen and oxygen atoms in total. The number of benzene rings is 2. The van der Waals surface area contributed by atoms with Gasteiger partial charge in [-0.25, -0.2) is 4.98 Å². The van der Waals surface area contributed by atoms with Gasteiger partial charge in [0.05, 0.1) is 18.4 Å². The maximum absolute atomic E-state index is 12.6. The van der Waals surface area contributed by atoms with Gasteiger partial charge in [0.1, 0.15) is 17.1 Å². The fraction of sp³-hybridized carbons (Fsp3) is 0.0909. The molecule has 0 spiro atoms. The largest absolute Gasteiger partial charge is 0.508 e. The number of anilines is 1. The zero-order valence-corrected chi connectivity index (χ0v) is 15.5. The number of phenolic OH excluding ortho intramolecular Hbond substituents is 1. The van der Waals surface area contributed by atoms with Crippen molar-refractivity contribution in [2.24, 2.45) is 0 Å². The molecular weight excluding hydrogens is 354 g/mol. The zero-order valence-electron chi connectivity index (χ0n) is 15.5. The SMILES string of the molecule is COc1cc(O)ccc1C(=O)Nc1cccc(-c2cn3ccc(C)cc3n2)c1. The second-order valence-electron chi connectivity index (χ2n) is 6.52. The summed E-state index contributed by atoms with van der Waals surface area (Å²) >= 11 is 0. The van der Waals surface area contributed by atoms with Crippen LogP contribution < -0.4 is 10.1 Å². The summed E-state index contributed by atoms with van der Waals surface area (Å²) in [6.45, 7) is 2.03. The monoisotopic (exact) mass is 373 g/mol. The number of nitrogens with zero attached hydrogens (tertiary/aromatic N) is 2. The van der Waals surface area contributed by atoms with Gasteiger partial charge in [0, 0.05) is 29.7 Å². The predicted octanol–water partition coefficient (Wildman–Crippen LogP) is 4.28. The van der Waals surface area contributed by atoms with E-state index in [1.54, 1.807) is 0 Å². The van der Waals surface area contributed by atoms with Gasteiger partial charge in [0.25, 0.3) is 5.91 Å². The molecule has 0 saturated heterocycles. The Labute approximate surface area is 162 Å². The molecule has 4 aromatic rings. The van der Waals surface area contributed by atoms with Crippen molar-refractivity contribution in [2.45, 2.75) is 6.92 Å². The molecule has 0 aliphatic rings. The summed E-state index contributed by atoms with van der Waals surface area (Å²) in [5, 5.41) is 12.4. The summed E-state index contributed by atoms with van der Waals surface area (Å²) < 4.78 is 7.15. The molecule has 28 heavy (non-hydrogen) atoms. The minimum Gasteiger partial charge on any atom is -0.508 e. The number of phenols is 1. The first-order valence-electron chi connectivity index (χ1n) is 8.77. The molecule has 6 heteroatoms. The molecule has 0 bridgehead atoms. The predicted molar refractivity (Wildman–Crippen MR) is 108 cm³/mol. The number of carbonyl (C=O) groups is 1. The van der Waals surface area contributed by atoms with Crippen LogP contribution in [0.4, 0.5) is 5.69 Å². The van der Waals surface area contributed by atoms with Crippen LogP contribution in [0.5, 0.6) is 11.5 Å². The van der Waals surface area contributed by atoms with Crippen molar-refractivity contribution in [1.82, 2.24) is 9.38 Å². The van der Waals surface area contributed by atoms with Gasteiger partial charge in [-0.05, 0) is 48.9 Å². The lowest BCUT2D eigenvalue weighted by molar-refractivity contribution is 0.102. The number of hydrogen-bond donors (Lipinski definition) is 2. The number of ether oxygens (including phenoxy) is 1. The second-order valence-corrected chi connectivity index (χ2v) is 6.52. The highest BCUT2D eigenvalue weighted by molar-refractivity contribution is 6.06. The van der Waals surface area contributed by atoms with Gasteiger partial charge in [-0.15, -0.1) is 0 Å². The number of imidazole rings is 1. The van der Waals surface area contributed by atoms with Crippen molar-refractivity contribution in [3.8, 4) is 22.8 Å². The Hall–Kier alpha value is -3.80. The van der Waals surface area contributed by atoms with Crippen molar-refractivity contribution in [2.75, 3.05) is 12.4 Å². The van der Waals surface area contributed by atoms with E-state index < -0.39 is 0 Å². The molecule has 0 aliphatic heterocycles. The van der Waals surface area contributed by atoms with E-state index in [2.05, 4.69) is 10.3 Å². The Morgan fingerprint density at radius 3 is 2.82 bits per heavy atom. The van der Waals surface area contributed by atoms with Crippen molar-refractivity contribution < 1.29 is 14.6 Å². The van der Waals surface area contributed by atoms with Gasteiger partial charge in [0.2, 0.25) is 0 Å². The maximum atomic E-state index is 12.6. The lowest BCUT2D eigenvalue weighted by atomic mass is 10.1. The highest BCUT2D eigenvalue weighted by Gasteiger charge is 2.14. The molecule has 2 heterocycles. The normalized spacial score (nSPS) is 10.8. The lowest BCUT2D eigenvalue weighted by Crippen LogP contribution is -2.13. The highest BCUT2D eigenvalue weighted by atomic mass is 16.5. The van der Waals surface area contributed by atoms with E-state index in [1.807, 2.05) is 60.1 Å². The van der Waals surface area contributed by atoms with Crippen LogP contribution in [0.15, 0.2) is 67.0 Å². The Morgan fingerprint density at radius 1 is 1.14 bits per heavy atom. The maximum Gasteiger partial charge on any atom is 0.259 e. The number of pyridine rings is 1. The first-order valence-corrected chi connectivity index (χ1v) is 8.77. The number of carbonyl (C=O) groups excluding carboxylic acids is 1. The van der Waals surface area contributed by atoms with E-state index in [0.717, 1.165) is 22.5 Å². The molecule has 4 rings (SSSR count). The summed E-state index contributed by atoms with van der Waals surface area (Å²) in [7, 11) is 1.46. The van der Waals surface area contributed by atoms with Crippen LogP contribution in [-0.4, -0.2) is 27.5 Å². The molecule has 0 unspecified atom stereocenters. The molecule has 140 valence electrons. The third kappa shape index (κ3) is 3.40. The van der Waals surface area contributed by atoms with E-state index in [1.165, 1.54) is 25.3 Å². The number of fused-ring (bicyclic) bond motifs is 1. The molecule has 2 N–H and O–H groups in total. The number of methoxy groups -OCH3 is 1. The fourth-order valence-corrected chi connectivity index (χ4v) is 3.05. The van der Waals surface area contributed by atoms with E-state index >= 15 is 0 Å². The summed E-state index contributed by atoms with van der Waals surface area (Å²) in [6.07, 6.45) is 3.93. The van der Waals surface area contributed by atoms with Crippen molar-refractivity contribution in [3.63, 3.8) is 0 Å². The molecule has 0 fully saturated rings. The van der Waals surface area contributed by atoms with Crippen LogP contribution in [0.25, 0.3) is 16.9 Å². The standard InChI is InChI=1S/C22H19N3O3/c1-14-8-9-25-13-19(24-21(25)10-14)15-4-3-5-16(11-15)23-22(27)18-7-6-17(26)12-20(18)28-2/h3-13,26H,1-2H3,(H,23,27). The average Bonchev–Trinajstić information content (AvgIpc) is 3.11. The molecule has 0 saturated carbocycles. The molecule has 2 aromatic carbocycles. The third-order valence-electron chi connectivity index (χ3n) is 4.46. The van der Waals surface area contributed by atoms with Gasteiger partial charge < -0.3 is 19.6 Å². The van der Waals surface area contributed by atoms with E-state index in [9.17, 15) is 9.90 Å². The summed E-state index contributed by atoms with van der Waals surface area (Å²) in [5.74, 6) is 0.0292. The Kier molecular flexibility index (Phi) is 4.45. The van der Waals surface area contributed by atoms with E-state index in [4.69, 9.17) is 4.74 Å². The Morgan fingerprint density at radius 2 is 2.00 bits per heavy atom. The van der Waals surface area contributed by atoms with Gasteiger partial charge in [0.15, 0.2) is 0 Å². The number of aryl methyl sites for hydroxylation is 1. The number of aromatic nitrogens is 2. The van der Waals surface area contributed by atoms with Gasteiger partial charge in [-0.2, -0.15) is 0 Å². The van der Waals surface area contributed by atoms with Crippen LogP contribution in [-0.2, 0) is 0 Å². The van der Waals surface area contributed by atoms with Gasteiger partial charge >= 0.3 is 0 Å².